The first-order valence-corrected chi connectivity index (χ1v) is 46.8. The standard InChI is InChI=1S/C34H20BrNS2.C28H18BrNS.C24H16BrNO.C24H16BrNS/c35-22-12-15-27-29-17-14-24(20-34(29)38-32(27)18-22)36(30-10-5-7-21-6-1-2-8-25(21)30)23-13-16-28-26-9-3-4-11-31(26)37-33(28)19-23;29-20-13-15-24-25-16-14-22(18-28(25)31-27(24)17-20)30(21-9-2-1-3-10-21)26-12-6-8-19-7-4-5-11-23(19)26;2*25-17-11-13-21-22-14-12-20(16-24(22)27-23(21)15-17)26(18-7-3-1-4-8-18)19-9-5-2-6-10-19/h1-20H;1-18H;2*1-16H. The van der Waals surface area contributed by atoms with Crippen LogP contribution in [-0.2, 0) is 0 Å². The number of para-hydroxylation sites is 5. The van der Waals surface area contributed by atoms with E-state index in [2.05, 4.69) is 484 Å². The van der Waals surface area contributed by atoms with Gasteiger partial charge in [0.15, 0.2) is 0 Å². The van der Waals surface area contributed by atoms with Crippen molar-refractivity contribution in [1.82, 2.24) is 0 Å². The van der Waals surface area contributed by atoms with Crippen molar-refractivity contribution in [3.05, 3.63) is 443 Å². The molecule has 5 aromatic heterocycles. The number of anilines is 12. The number of hydrogen-bond donors (Lipinski definition) is 0. The molecule has 0 unspecified atom stereocenters. The van der Waals surface area contributed by atoms with E-state index in [1.54, 1.807) is 0 Å². The van der Waals surface area contributed by atoms with Crippen LogP contribution in [0.4, 0.5) is 68.2 Å². The molecule has 588 valence electrons. The summed E-state index contributed by atoms with van der Waals surface area (Å²) in [5.74, 6) is 0. The third-order valence-electron chi connectivity index (χ3n) is 22.4. The maximum Gasteiger partial charge on any atom is 0.137 e. The van der Waals surface area contributed by atoms with E-state index in [1.807, 2.05) is 69.6 Å². The van der Waals surface area contributed by atoms with E-state index in [-0.39, 0.29) is 0 Å². The number of thiophene rings is 4. The maximum absolute atomic E-state index is 6.14. The molecule has 0 radical (unpaired) electrons. The van der Waals surface area contributed by atoms with Gasteiger partial charge in [0.2, 0.25) is 0 Å². The molecule has 0 atom stereocenters. The Bertz CT molecular complexity index is 7770. The van der Waals surface area contributed by atoms with E-state index < -0.39 is 0 Å². The van der Waals surface area contributed by atoms with Gasteiger partial charge in [-0.3, -0.25) is 0 Å². The number of rotatable bonds is 12. The summed E-state index contributed by atoms with van der Waals surface area (Å²) >= 11 is 21.8. The predicted molar refractivity (Wildman–Crippen MR) is 549 cm³/mol. The van der Waals surface area contributed by atoms with E-state index >= 15 is 0 Å². The minimum atomic E-state index is 0.887. The SMILES string of the molecule is Brc1ccc2c(c1)oc1cc(N(c3ccccc3)c3ccccc3)ccc12.Brc1ccc2c(c1)sc1cc(N(c3ccc4c(c3)sc3ccccc34)c3cccc4ccccc34)ccc12.Brc1ccc2c(c1)sc1cc(N(c3ccccc3)c3cccc4ccccc34)ccc12.Brc1ccc2c(c1)sc1cc(N(c3ccccc3)c3ccccc3)ccc12. The van der Waals surface area contributed by atoms with E-state index in [4.69, 9.17) is 4.42 Å². The largest absolute Gasteiger partial charge is 0.456 e. The summed E-state index contributed by atoms with van der Waals surface area (Å²) in [7, 11) is 0. The molecule has 13 heteroatoms. The van der Waals surface area contributed by atoms with Crippen LogP contribution < -0.4 is 19.6 Å². The molecule has 0 spiro atoms. The first kappa shape index (κ1) is 77.8. The molecule has 5 heterocycles. The molecule has 0 saturated heterocycles. The van der Waals surface area contributed by atoms with Crippen LogP contribution in [0, 0.1) is 0 Å². The minimum Gasteiger partial charge on any atom is -0.456 e. The fourth-order valence-corrected chi connectivity index (χ4v) is 23.4. The lowest BCUT2D eigenvalue weighted by Gasteiger charge is -2.27. The Balaban J connectivity index is 0.000000102. The molecule has 0 N–H and O–H groups in total. The zero-order valence-corrected chi connectivity index (χ0v) is 75.4. The highest BCUT2D eigenvalue weighted by Crippen LogP contribution is 2.49. The van der Waals surface area contributed by atoms with Gasteiger partial charge in [-0.2, -0.15) is 0 Å². The topological polar surface area (TPSA) is 26.1 Å². The van der Waals surface area contributed by atoms with Crippen LogP contribution in [0.3, 0.4) is 0 Å². The zero-order valence-electron chi connectivity index (χ0n) is 65.8. The Morgan fingerprint density at radius 2 is 0.407 bits per heavy atom. The van der Waals surface area contributed by atoms with Crippen LogP contribution in [0.5, 0.6) is 0 Å². The molecule has 0 saturated carbocycles. The van der Waals surface area contributed by atoms with Gasteiger partial charge in [0.05, 0.1) is 11.4 Å². The molecule has 123 heavy (non-hydrogen) atoms. The fourth-order valence-electron chi connectivity index (χ4n) is 16.8. The zero-order chi connectivity index (χ0) is 82.4. The van der Waals surface area contributed by atoms with Crippen LogP contribution in [0.25, 0.3) is 124 Å². The summed E-state index contributed by atoms with van der Waals surface area (Å²) in [4.78, 5) is 9.33. The predicted octanol–water partition coefficient (Wildman–Crippen LogP) is 37.4. The quantitative estimate of drug-likeness (QED) is 0.121. The van der Waals surface area contributed by atoms with Crippen LogP contribution in [-0.4, -0.2) is 0 Å². The summed E-state index contributed by atoms with van der Waals surface area (Å²) in [6.07, 6.45) is 0. The molecule has 0 bridgehead atoms. The van der Waals surface area contributed by atoms with Gasteiger partial charge >= 0.3 is 0 Å². The van der Waals surface area contributed by atoms with Gasteiger partial charge in [-0.1, -0.05) is 288 Å². The average Bonchev–Trinajstić information content (AvgIpc) is 1.73. The van der Waals surface area contributed by atoms with Crippen LogP contribution in [0.15, 0.2) is 447 Å². The second-order valence-corrected chi connectivity index (χ2v) is 38.0. The Morgan fingerprint density at radius 1 is 0.163 bits per heavy atom. The molecule has 24 aromatic rings. The fraction of sp³-hybridized carbons (Fsp3) is 0. The van der Waals surface area contributed by atoms with Gasteiger partial charge < -0.3 is 24.0 Å². The Morgan fingerprint density at radius 3 is 0.789 bits per heavy atom. The molecule has 19 aromatic carbocycles. The Kier molecular flexibility index (Phi) is 21.6. The Hall–Kier alpha value is -12.5. The highest BCUT2D eigenvalue weighted by atomic mass is 79.9. The van der Waals surface area contributed by atoms with Crippen LogP contribution in [0.2, 0.25) is 0 Å². The molecular formula is C110H70Br4N4OS4. The van der Waals surface area contributed by atoms with Crippen LogP contribution >= 0.6 is 109 Å². The van der Waals surface area contributed by atoms with Crippen molar-refractivity contribution in [3.63, 3.8) is 0 Å². The van der Waals surface area contributed by atoms with E-state index in [1.165, 1.54) is 136 Å². The van der Waals surface area contributed by atoms with Gasteiger partial charge in [-0.25, -0.2) is 0 Å². The first-order valence-electron chi connectivity index (χ1n) is 40.4. The first-order chi connectivity index (χ1) is 60.6. The second kappa shape index (κ2) is 34.1. The second-order valence-electron chi connectivity index (χ2n) is 30.0. The molecule has 0 aliphatic carbocycles. The molecule has 0 aliphatic heterocycles. The maximum atomic E-state index is 6.14. The lowest BCUT2D eigenvalue weighted by atomic mass is 10.1. The highest BCUT2D eigenvalue weighted by Gasteiger charge is 2.23. The van der Waals surface area contributed by atoms with E-state index in [9.17, 15) is 0 Å². The smallest absolute Gasteiger partial charge is 0.137 e. The van der Waals surface area contributed by atoms with Crippen molar-refractivity contribution in [2.45, 2.75) is 0 Å². The molecule has 5 nitrogen and oxygen atoms in total. The average molecular weight is 1910 g/mol. The van der Waals surface area contributed by atoms with Gasteiger partial charge in [0.1, 0.15) is 11.2 Å². The highest BCUT2D eigenvalue weighted by molar-refractivity contribution is 9.11. The summed E-state index contributed by atoms with van der Waals surface area (Å²) < 4.78 is 21.0. The Labute approximate surface area is 760 Å². The third-order valence-corrected chi connectivity index (χ3v) is 28.9. The number of fused-ring (bicyclic) bond motifs is 17. The summed E-state index contributed by atoms with van der Waals surface area (Å²) in [5.41, 5.74) is 15.6. The van der Waals surface area contributed by atoms with Gasteiger partial charge in [0, 0.05) is 183 Å². The van der Waals surface area contributed by atoms with Crippen molar-refractivity contribution in [3.8, 4) is 0 Å². The molecule has 24 rings (SSSR count). The van der Waals surface area contributed by atoms with Gasteiger partial charge in [-0.05, 0) is 205 Å². The number of furan rings is 1. The van der Waals surface area contributed by atoms with E-state index in [0.29, 0.717) is 0 Å². The number of benzene rings is 19. The van der Waals surface area contributed by atoms with Gasteiger partial charge in [0.25, 0.3) is 0 Å². The van der Waals surface area contributed by atoms with Crippen molar-refractivity contribution in [2.75, 3.05) is 19.6 Å². The molecule has 0 fully saturated rings. The third kappa shape index (κ3) is 15.5. The number of hydrogen-bond acceptors (Lipinski definition) is 9. The summed E-state index contributed by atoms with van der Waals surface area (Å²) in [6.45, 7) is 0. The lowest BCUT2D eigenvalue weighted by molar-refractivity contribution is 0.668. The van der Waals surface area contributed by atoms with Crippen molar-refractivity contribution >= 4 is 301 Å². The summed E-state index contributed by atoms with van der Waals surface area (Å²) in [5, 5.41) is 17.7. The van der Waals surface area contributed by atoms with Gasteiger partial charge in [-0.15, -0.1) is 45.3 Å². The van der Waals surface area contributed by atoms with E-state index in [0.717, 1.165) is 74.0 Å². The molecule has 0 aliphatic rings. The number of nitrogens with zero attached hydrogens (tertiary/aromatic N) is 4. The number of halogens is 4. The molecular weight excluding hydrogens is 1840 g/mol. The summed E-state index contributed by atoms with van der Waals surface area (Å²) in [6, 6.07) is 151. The van der Waals surface area contributed by atoms with Crippen LogP contribution in [0.1, 0.15) is 0 Å². The lowest BCUT2D eigenvalue weighted by Crippen LogP contribution is -2.10. The van der Waals surface area contributed by atoms with Crippen molar-refractivity contribution in [2.24, 2.45) is 0 Å². The molecule has 0 amide bonds. The van der Waals surface area contributed by atoms with Crippen molar-refractivity contribution < 1.29 is 4.42 Å². The van der Waals surface area contributed by atoms with Crippen molar-refractivity contribution in [1.29, 1.82) is 0 Å². The monoisotopic (exact) mass is 1910 g/mol. The minimum absolute atomic E-state index is 0.887. The normalized spacial score (nSPS) is 11.4.